The molecule has 0 unspecified atom stereocenters. The highest BCUT2D eigenvalue weighted by molar-refractivity contribution is 7.92. The first kappa shape index (κ1) is 26.3. The smallest absolute Gasteiger partial charge is 0.244 e. The van der Waals surface area contributed by atoms with Gasteiger partial charge in [0.15, 0.2) is 0 Å². The van der Waals surface area contributed by atoms with E-state index in [2.05, 4.69) is 10.2 Å². The maximum Gasteiger partial charge on any atom is 0.244 e. The topological polar surface area (TPSA) is 88.2 Å². The molecule has 3 rings (SSSR count). The lowest BCUT2D eigenvalue weighted by molar-refractivity contribution is -0.122. The predicted molar refractivity (Wildman–Crippen MR) is 134 cm³/mol. The van der Waals surface area contributed by atoms with Crippen molar-refractivity contribution in [3.8, 4) is 5.75 Å². The number of hydrogen-bond donors (Lipinski definition) is 1. The number of ether oxygens (including phenoxy) is 2. The summed E-state index contributed by atoms with van der Waals surface area (Å²) in [5.74, 6) is -0.0794. The van der Waals surface area contributed by atoms with Crippen molar-refractivity contribution in [1.29, 1.82) is 0 Å². The number of methoxy groups -OCH3 is 1. The molecule has 1 aliphatic rings. The molecule has 1 aliphatic heterocycles. The summed E-state index contributed by atoms with van der Waals surface area (Å²) in [7, 11) is -2.36. The quantitative estimate of drug-likeness (QED) is 0.529. The fourth-order valence-corrected chi connectivity index (χ4v) is 5.33. The number of nitrogens with zero attached hydrogens (tertiary/aromatic N) is 2. The van der Waals surface area contributed by atoms with Gasteiger partial charge in [0, 0.05) is 31.2 Å². The van der Waals surface area contributed by atoms with E-state index in [-0.39, 0.29) is 18.7 Å². The molecule has 2 aromatic carbocycles. The SMILES string of the molecule is CC[C@@H](C(=O)NCc1ccc(CN2CCOCC2)cc1)N(c1cc(Cl)ccc1OC)S(C)(=O)=O. The number of morpholine rings is 1. The van der Waals surface area contributed by atoms with Gasteiger partial charge < -0.3 is 14.8 Å². The van der Waals surface area contributed by atoms with E-state index in [1.165, 1.54) is 18.7 Å². The van der Waals surface area contributed by atoms with Crippen LogP contribution in [0.1, 0.15) is 24.5 Å². The highest BCUT2D eigenvalue weighted by Crippen LogP contribution is 2.34. The standard InChI is InChI=1S/C24H32ClN3O5S/c1-4-21(28(34(3,30)31)22-15-20(25)9-10-23(22)32-2)24(29)26-16-18-5-7-19(8-6-18)17-27-11-13-33-14-12-27/h5-10,15,21H,4,11-14,16-17H2,1-3H3,(H,26,29)/t21-/m0/s1. The molecule has 0 spiro atoms. The Morgan fingerprint density at radius 3 is 2.41 bits per heavy atom. The normalized spacial score (nSPS) is 15.5. The van der Waals surface area contributed by atoms with E-state index >= 15 is 0 Å². The number of hydrogen-bond acceptors (Lipinski definition) is 6. The maximum atomic E-state index is 13.1. The highest BCUT2D eigenvalue weighted by atomic mass is 35.5. The van der Waals surface area contributed by atoms with Gasteiger partial charge in [0.1, 0.15) is 11.8 Å². The van der Waals surface area contributed by atoms with E-state index in [1.807, 2.05) is 24.3 Å². The summed E-state index contributed by atoms with van der Waals surface area (Å²) in [4.78, 5) is 15.5. The van der Waals surface area contributed by atoms with Gasteiger partial charge in [-0.05, 0) is 35.7 Å². The van der Waals surface area contributed by atoms with Crippen molar-refractivity contribution >= 4 is 33.2 Å². The molecule has 0 bridgehead atoms. The van der Waals surface area contributed by atoms with Crippen LogP contribution in [0.15, 0.2) is 42.5 Å². The second kappa shape index (κ2) is 11.9. The molecular formula is C24H32ClN3O5S. The first-order chi connectivity index (χ1) is 16.2. The lowest BCUT2D eigenvalue weighted by Crippen LogP contribution is -2.49. The average molecular weight is 510 g/mol. The molecule has 186 valence electrons. The molecule has 8 nitrogen and oxygen atoms in total. The number of amides is 1. The summed E-state index contributed by atoms with van der Waals surface area (Å²) in [6.45, 7) is 6.27. The third-order valence-electron chi connectivity index (χ3n) is 5.71. The van der Waals surface area contributed by atoms with Crippen LogP contribution in [0.5, 0.6) is 5.75 Å². The van der Waals surface area contributed by atoms with Crippen LogP contribution in [0.2, 0.25) is 5.02 Å². The molecule has 34 heavy (non-hydrogen) atoms. The molecule has 0 saturated carbocycles. The molecule has 0 radical (unpaired) electrons. The van der Waals surface area contributed by atoms with E-state index in [0.29, 0.717) is 10.8 Å². The van der Waals surface area contributed by atoms with Gasteiger partial charge in [-0.1, -0.05) is 42.8 Å². The molecule has 10 heteroatoms. The maximum absolute atomic E-state index is 13.1. The minimum atomic E-state index is -3.81. The minimum Gasteiger partial charge on any atom is -0.495 e. The van der Waals surface area contributed by atoms with Crippen LogP contribution >= 0.6 is 11.6 Å². The van der Waals surface area contributed by atoms with Crippen LogP contribution in [-0.4, -0.2) is 64.9 Å². The third kappa shape index (κ3) is 6.85. The Hall–Kier alpha value is -2.33. The van der Waals surface area contributed by atoms with Gasteiger partial charge in [-0.15, -0.1) is 0 Å². The zero-order valence-electron chi connectivity index (χ0n) is 19.8. The van der Waals surface area contributed by atoms with E-state index in [0.717, 1.165) is 49.0 Å². The number of benzene rings is 2. The van der Waals surface area contributed by atoms with Crippen LogP contribution in [0.4, 0.5) is 5.69 Å². The summed E-state index contributed by atoms with van der Waals surface area (Å²) >= 11 is 6.12. The van der Waals surface area contributed by atoms with Gasteiger partial charge in [-0.3, -0.25) is 14.0 Å². The van der Waals surface area contributed by atoms with E-state index in [9.17, 15) is 13.2 Å². The summed E-state index contributed by atoms with van der Waals surface area (Å²) in [5.41, 5.74) is 2.35. The second-order valence-electron chi connectivity index (χ2n) is 8.22. The number of rotatable bonds is 10. The van der Waals surface area contributed by atoms with Crippen LogP contribution in [0.3, 0.4) is 0 Å². The van der Waals surface area contributed by atoms with Gasteiger partial charge in [0.05, 0.1) is 32.3 Å². The summed E-state index contributed by atoms with van der Waals surface area (Å²) in [6, 6.07) is 11.8. The lowest BCUT2D eigenvalue weighted by Gasteiger charge is -2.31. The fourth-order valence-electron chi connectivity index (χ4n) is 3.96. The van der Waals surface area contributed by atoms with Crippen molar-refractivity contribution in [1.82, 2.24) is 10.2 Å². The molecule has 1 atom stereocenters. The van der Waals surface area contributed by atoms with E-state index < -0.39 is 22.0 Å². The van der Waals surface area contributed by atoms with Gasteiger partial charge in [0.2, 0.25) is 15.9 Å². The Balaban J connectivity index is 1.71. The average Bonchev–Trinajstić information content (AvgIpc) is 2.81. The number of sulfonamides is 1. The third-order valence-corrected chi connectivity index (χ3v) is 7.11. The molecule has 1 heterocycles. The first-order valence-corrected chi connectivity index (χ1v) is 13.4. The largest absolute Gasteiger partial charge is 0.495 e. The molecule has 1 amide bonds. The van der Waals surface area contributed by atoms with Gasteiger partial charge >= 0.3 is 0 Å². The second-order valence-corrected chi connectivity index (χ2v) is 10.5. The van der Waals surface area contributed by atoms with Crippen LogP contribution in [0.25, 0.3) is 0 Å². The zero-order chi connectivity index (χ0) is 24.7. The summed E-state index contributed by atoms with van der Waals surface area (Å²) in [5, 5.41) is 3.22. The van der Waals surface area contributed by atoms with Gasteiger partial charge in [-0.2, -0.15) is 0 Å². The number of nitrogens with one attached hydrogen (secondary N) is 1. The van der Waals surface area contributed by atoms with E-state index in [4.69, 9.17) is 21.1 Å². The fraction of sp³-hybridized carbons (Fsp3) is 0.458. The Bertz CT molecular complexity index is 1070. The first-order valence-electron chi connectivity index (χ1n) is 11.2. The van der Waals surface area contributed by atoms with Crippen molar-refractivity contribution in [2.45, 2.75) is 32.5 Å². The number of carbonyl (C=O) groups is 1. The number of anilines is 1. The Labute approximate surface area is 206 Å². The van der Waals surface area contributed by atoms with Crippen LogP contribution < -0.4 is 14.4 Å². The Kier molecular flexibility index (Phi) is 9.18. The van der Waals surface area contributed by atoms with Crippen molar-refractivity contribution < 1.29 is 22.7 Å². The molecule has 0 aromatic heterocycles. The van der Waals surface area contributed by atoms with Crippen molar-refractivity contribution in [3.05, 3.63) is 58.6 Å². The van der Waals surface area contributed by atoms with Gasteiger partial charge in [0.25, 0.3) is 0 Å². The minimum absolute atomic E-state index is 0.229. The monoisotopic (exact) mass is 509 g/mol. The molecule has 1 saturated heterocycles. The van der Waals surface area contributed by atoms with E-state index in [1.54, 1.807) is 19.1 Å². The van der Waals surface area contributed by atoms with Crippen molar-refractivity contribution in [3.63, 3.8) is 0 Å². The molecule has 0 aliphatic carbocycles. The molecular weight excluding hydrogens is 478 g/mol. The molecule has 2 aromatic rings. The highest BCUT2D eigenvalue weighted by Gasteiger charge is 2.33. The van der Waals surface area contributed by atoms with Gasteiger partial charge in [-0.25, -0.2) is 8.42 Å². The van der Waals surface area contributed by atoms with Crippen LogP contribution in [0, 0.1) is 0 Å². The predicted octanol–water partition coefficient (Wildman–Crippen LogP) is 3.04. The van der Waals surface area contributed by atoms with Crippen LogP contribution in [-0.2, 0) is 32.6 Å². The Morgan fingerprint density at radius 2 is 1.82 bits per heavy atom. The lowest BCUT2D eigenvalue weighted by atomic mass is 10.1. The van der Waals surface area contributed by atoms with Crippen molar-refractivity contribution in [2.75, 3.05) is 44.0 Å². The number of carbonyl (C=O) groups excluding carboxylic acids is 1. The number of halogens is 1. The summed E-state index contributed by atoms with van der Waals surface area (Å²) in [6.07, 6.45) is 1.34. The van der Waals surface area contributed by atoms with Crippen molar-refractivity contribution in [2.24, 2.45) is 0 Å². The molecule has 1 fully saturated rings. The summed E-state index contributed by atoms with van der Waals surface area (Å²) < 4.78 is 37.3. The Morgan fingerprint density at radius 1 is 1.18 bits per heavy atom. The molecule has 1 N–H and O–H groups in total. The zero-order valence-corrected chi connectivity index (χ0v) is 21.4.